The van der Waals surface area contributed by atoms with Crippen molar-refractivity contribution in [2.75, 3.05) is 11.0 Å². The summed E-state index contributed by atoms with van der Waals surface area (Å²) in [6.07, 6.45) is 3.48. The topological polar surface area (TPSA) is 113 Å². The number of nitrogens with zero attached hydrogens (tertiary/aromatic N) is 2. The number of carbonyl (C=O) groups excluding carboxylic acids is 1. The number of hydrogen-bond donors (Lipinski definition) is 1. The Hall–Kier alpha value is -2.15. The van der Waals surface area contributed by atoms with E-state index in [0.717, 1.165) is 12.3 Å². The Labute approximate surface area is 223 Å². The molecule has 0 radical (unpaired) electrons. The van der Waals surface area contributed by atoms with Crippen LogP contribution in [0.4, 0.5) is 20.2 Å². The predicted molar refractivity (Wildman–Crippen MR) is 120 cm³/mol. The number of amides is 1. The van der Waals surface area contributed by atoms with E-state index in [4.69, 9.17) is 27.6 Å². The summed E-state index contributed by atoms with van der Waals surface area (Å²) in [5, 5.41) is 4.37. The van der Waals surface area contributed by atoms with Gasteiger partial charge in [-0.15, -0.1) is 0 Å². The Balaban J connectivity index is 0.00000324. The van der Waals surface area contributed by atoms with E-state index in [1.807, 2.05) is 0 Å². The van der Waals surface area contributed by atoms with E-state index in [2.05, 4.69) is 19.8 Å². The van der Waals surface area contributed by atoms with Gasteiger partial charge >= 0.3 is 36.2 Å². The van der Waals surface area contributed by atoms with Gasteiger partial charge in [-0.3, -0.25) is 9.71 Å². The summed E-state index contributed by atoms with van der Waals surface area (Å²) in [6.45, 7) is -3.15. The van der Waals surface area contributed by atoms with Crippen LogP contribution in [0, 0.1) is 0 Å². The molecule has 14 heteroatoms. The van der Waals surface area contributed by atoms with Crippen LogP contribution in [0.25, 0.3) is 27.3 Å². The molecule has 1 N–H and O–H groups in total. The maximum absolute atomic E-state index is 13.1. The first kappa shape index (κ1) is 26.5. The summed E-state index contributed by atoms with van der Waals surface area (Å²) in [6, 6.07) is 6.63. The summed E-state index contributed by atoms with van der Waals surface area (Å²) < 4.78 is 61.6. The molecule has 0 aliphatic rings. The molecule has 0 bridgehead atoms. The average molecular weight is 538 g/mol. The van der Waals surface area contributed by atoms with Gasteiger partial charge in [-0.25, -0.2) is 8.42 Å². The number of fused-ring (bicyclic) bond motifs is 3. The zero-order chi connectivity index (χ0) is 23.9. The van der Waals surface area contributed by atoms with Crippen molar-refractivity contribution in [2.45, 2.75) is 6.61 Å². The molecule has 172 valence electrons. The van der Waals surface area contributed by atoms with Gasteiger partial charge in [0.2, 0.25) is 10.0 Å². The third kappa shape index (κ3) is 5.56. The first-order chi connectivity index (χ1) is 15.5. The third-order valence-corrected chi connectivity index (χ3v) is 5.53. The number of carbonyl (C=O) groups is 1. The Kier molecular flexibility index (Phi) is 7.96. The number of halogens is 4. The molecule has 4 aromatic rings. The number of aromatic nitrogens is 1. The number of alkyl halides is 2. The average Bonchev–Trinajstić information content (AvgIpc) is 3.09. The minimum absolute atomic E-state index is 0. The molecule has 0 aliphatic carbocycles. The molecule has 2 aromatic heterocycles. The van der Waals surface area contributed by atoms with Crippen LogP contribution in [-0.2, 0) is 10.0 Å². The molecule has 0 fully saturated rings. The number of benzene rings is 2. The zero-order valence-electron chi connectivity index (χ0n) is 17.5. The zero-order valence-corrected chi connectivity index (χ0v) is 21.8. The van der Waals surface area contributed by atoms with Crippen LogP contribution in [-0.4, -0.2) is 32.2 Å². The van der Waals surface area contributed by atoms with Gasteiger partial charge in [0, 0.05) is 44.5 Å². The number of anilines is 1. The smallest absolute Gasteiger partial charge is 0.620 e. The van der Waals surface area contributed by atoms with Crippen molar-refractivity contribution >= 4 is 72.4 Å². The molecule has 2 heterocycles. The van der Waals surface area contributed by atoms with Gasteiger partial charge in [-0.05, 0) is 30.3 Å². The number of furan rings is 1. The summed E-state index contributed by atoms with van der Waals surface area (Å²) >= 11 is 12.1. The van der Waals surface area contributed by atoms with Crippen molar-refractivity contribution < 1.29 is 60.7 Å². The molecule has 0 saturated carbocycles. The molecule has 0 saturated heterocycles. The van der Waals surface area contributed by atoms with E-state index < -0.39 is 22.5 Å². The van der Waals surface area contributed by atoms with Crippen LogP contribution in [0.15, 0.2) is 47.1 Å². The second kappa shape index (κ2) is 10.2. The minimum Gasteiger partial charge on any atom is -0.620 e. The number of ether oxygens (including phenoxy) is 1. The molecule has 34 heavy (non-hydrogen) atoms. The minimum atomic E-state index is -3.61. The van der Waals surface area contributed by atoms with Crippen LogP contribution in [0.1, 0.15) is 10.4 Å². The normalized spacial score (nSPS) is 11.5. The fraction of sp³-hybridized carbons (Fsp3) is 0.100. The van der Waals surface area contributed by atoms with Crippen molar-refractivity contribution in [3.8, 4) is 5.75 Å². The number of pyridine rings is 1. The summed E-state index contributed by atoms with van der Waals surface area (Å²) in [4.78, 5) is 16.9. The Morgan fingerprint density at radius 1 is 1.18 bits per heavy atom. The quantitative estimate of drug-likeness (QED) is 0.378. The first-order valence-electron chi connectivity index (χ1n) is 9.00. The number of nitrogens with one attached hydrogen (secondary N) is 1. The summed E-state index contributed by atoms with van der Waals surface area (Å²) in [7, 11) is -3.61. The largest absolute Gasteiger partial charge is 1.00 e. The number of sulfonamides is 1. The van der Waals surface area contributed by atoms with Crippen molar-refractivity contribution in [1.29, 1.82) is 0 Å². The fourth-order valence-electron chi connectivity index (χ4n) is 3.17. The van der Waals surface area contributed by atoms with Gasteiger partial charge in [0.15, 0.2) is 11.3 Å². The maximum atomic E-state index is 13.1. The standard InChI is InChI=1S/C20H13Cl2F2N3O5S.Na/c1-33(29,30)27-9-2-4-14-11(6-9)16-10(3-5-15(18(16)31-14)32-20(23)24)19(28)26-17-12(21)7-25-8-13(17)22;/h2-8,20,27H,1H3,(H,25,26,28);/q;+1/p-1. The molecular weight excluding hydrogens is 526 g/mol. The van der Waals surface area contributed by atoms with Crippen LogP contribution >= 0.6 is 23.2 Å². The summed E-state index contributed by atoms with van der Waals surface area (Å²) in [5.74, 6) is -1.12. The van der Waals surface area contributed by atoms with E-state index in [9.17, 15) is 22.0 Å². The SMILES string of the molecule is CS(=O)(=O)Nc1ccc2oc3c(OC(F)F)ccc(C(=O)[N-]c4c(Cl)cncc4Cl)c3c2c1.[Na+]. The van der Waals surface area contributed by atoms with Gasteiger partial charge in [0.25, 0.3) is 0 Å². The van der Waals surface area contributed by atoms with Crippen LogP contribution in [0.5, 0.6) is 5.75 Å². The second-order valence-corrected chi connectivity index (χ2v) is 9.31. The van der Waals surface area contributed by atoms with Crippen molar-refractivity contribution in [1.82, 2.24) is 4.98 Å². The predicted octanol–water partition coefficient (Wildman–Crippen LogP) is 3.11. The Bertz CT molecular complexity index is 1500. The molecule has 0 aliphatic heterocycles. The molecule has 2 aromatic carbocycles. The van der Waals surface area contributed by atoms with E-state index in [0.29, 0.717) is 0 Å². The molecule has 0 spiro atoms. The first-order valence-corrected chi connectivity index (χ1v) is 11.6. The van der Waals surface area contributed by atoms with Crippen LogP contribution < -0.4 is 39.0 Å². The van der Waals surface area contributed by atoms with Gasteiger partial charge in [-0.2, -0.15) is 8.78 Å². The Morgan fingerprint density at radius 2 is 1.85 bits per heavy atom. The van der Waals surface area contributed by atoms with E-state index in [1.54, 1.807) is 0 Å². The molecule has 1 amide bonds. The molecule has 8 nitrogen and oxygen atoms in total. The van der Waals surface area contributed by atoms with Crippen LogP contribution in [0.2, 0.25) is 10.0 Å². The van der Waals surface area contributed by atoms with Gasteiger partial charge in [-0.1, -0.05) is 28.9 Å². The van der Waals surface area contributed by atoms with Gasteiger partial charge in [0.1, 0.15) is 5.58 Å². The maximum Gasteiger partial charge on any atom is 1.00 e. The van der Waals surface area contributed by atoms with Gasteiger partial charge < -0.3 is 19.3 Å². The van der Waals surface area contributed by atoms with E-state index in [1.165, 1.54) is 36.7 Å². The van der Waals surface area contributed by atoms with Gasteiger partial charge in [0.05, 0.1) is 12.2 Å². The monoisotopic (exact) mass is 537 g/mol. The Morgan fingerprint density at radius 3 is 2.47 bits per heavy atom. The van der Waals surface area contributed by atoms with Crippen LogP contribution in [0.3, 0.4) is 0 Å². The molecule has 0 atom stereocenters. The van der Waals surface area contributed by atoms with E-state index >= 15 is 0 Å². The molecular formula is C20H12Cl2F2N3NaO5S. The van der Waals surface area contributed by atoms with Crippen molar-refractivity contribution in [2.24, 2.45) is 0 Å². The fourth-order valence-corrected chi connectivity index (χ4v) is 4.18. The third-order valence-electron chi connectivity index (χ3n) is 4.37. The molecule has 0 unspecified atom stereocenters. The number of rotatable bonds is 6. The van der Waals surface area contributed by atoms with Crippen molar-refractivity contribution in [3.63, 3.8) is 0 Å². The van der Waals surface area contributed by atoms with Crippen molar-refractivity contribution in [3.05, 3.63) is 63.7 Å². The summed E-state index contributed by atoms with van der Waals surface area (Å²) in [5.41, 5.74) is 0.166. The number of hydrogen-bond acceptors (Lipinski definition) is 6. The second-order valence-electron chi connectivity index (χ2n) is 6.75. The molecule has 4 rings (SSSR count). The van der Waals surface area contributed by atoms with E-state index in [-0.39, 0.29) is 84.2 Å².